The Labute approximate surface area is 140 Å². The van der Waals surface area contributed by atoms with Crippen LogP contribution in [0.1, 0.15) is 16.1 Å². The number of H-pyrrole nitrogens is 1. The summed E-state index contributed by atoms with van der Waals surface area (Å²) in [4.78, 5) is 23.2. The minimum atomic E-state index is -0.494. The van der Waals surface area contributed by atoms with E-state index in [4.69, 9.17) is 0 Å². The van der Waals surface area contributed by atoms with Crippen LogP contribution < -0.4 is 5.43 Å². The van der Waals surface area contributed by atoms with Crippen molar-refractivity contribution in [2.75, 3.05) is 0 Å². The van der Waals surface area contributed by atoms with Crippen molar-refractivity contribution in [1.29, 1.82) is 0 Å². The van der Waals surface area contributed by atoms with E-state index in [0.717, 1.165) is 10.6 Å². The predicted octanol–water partition coefficient (Wildman–Crippen LogP) is 2.81. The van der Waals surface area contributed by atoms with Crippen LogP contribution in [0.5, 0.6) is 0 Å². The molecule has 0 radical (unpaired) electrons. The van der Waals surface area contributed by atoms with Gasteiger partial charge in [0.05, 0.1) is 21.7 Å². The molecule has 0 fully saturated rings. The third-order valence-corrected chi connectivity index (χ3v) is 3.96. The van der Waals surface area contributed by atoms with E-state index in [-0.39, 0.29) is 11.4 Å². The highest BCUT2D eigenvalue weighted by atomic mass is 32.1. The number of amides is 1. The first kappa shape index (κ1) is 15.6. The summed E-state index contributed by atoms with van der Waals surface area (Å²) >= 11 is 1.53. The van der Waals surface area contributed by atoms with Gasteiger partial charge < -0.3 is 0 Å². The molecule has 24 heavy (non-hydrogen) atoms. The van der Waals surface area contributed by atoms with Crippen LogP contribution in [0.25, 0.3) is 10.6 Å². The number of benzene rings is 1. The van der Waals surface area contributed by atoms with Crippen molar-refractivity contribution in [3.05, 3.63) is 69.2 Å². The molecule has 0 atom stereocenters. The zero-order valence-corrected chi connectivity index (χ0v) is 13.0. The Bertz CT molecular complexity index is 901. The topological polar surface area (TPSA) is 113 Å². The minimum Gasteiger partial charge on any atom is -0.276 e. The number of carbonyl (C=O) groups is 1. The van der Waals surface area contributed by atoms with Crippen LogP contribution >= 0.6 is 11.3 Å². The molecular weight excluding hydrogens is 330 g/mol. The van der Waals surface area contributed by atoms with Crippen LogP contribution in [0.15, 0.2) is 52.9 Å². The Morgan fingerprint density at radius 1 is 1.33 bits per heavy atom. The second kappa shape index (κ2) is 6.84. The molecule has 0 aliphatic heterocycles. The van der Waals surface area contributed by atoms with Crippen LogP contribution in [0, 0.1) is 10.1 Å². The van der Waals surface area contributed by atoms with Crippen molar-refractivity contribution in [2.24, 2.45) is 5.10 Å². The molecule has 2 aromatic heterocycles. The third kappa shape index (κ3) is 3.52. The Kier molecular flexibility index (Phi) is 4.43. The second-order valence-corrected chi connectivity index (χ2v) is 5.64. The lowest BCUT2D eigenvalue weighted by Gasteiger charge is -1.96. The molecule has 0 aliphatic rings. The molecule has 0 aliphatic carbocycles. The Morgan fingerprint density at radius 2 is 2.21 bits per heavy atom. The highest BCUT2D eigenvalue weighted by Gasteiger charge is 2.11. The lowest BCUT2D eigenvalue weighted by molar-refractivity contribution is -0.384. The number of aromatic nitrogens is 2. The van der Waals surface area contributed by atoms with E-state index >= 15 is 0 Å². The van der Waals surface area contributed by atoms with Crippen molar-refractivity contribution in [3.8, 4) is 10.6 Å². The van der Waals surface area contributed by atoms with Crippen molar-refractivity contribution >= 4 is 29.1 Å². The number of non-ortho nitro benzene ring substituents is 1. The largest absolute Gasteiger partial charge is 0.291 e. The standard InChI is InChI=1S/C15H11N5O3S/c21-15(13-8-12(17-18-13)14-5-2-6-24-14)19-16-9-10-3-1-4-11(7-10)20(22)23/h1-9H,(H,17,18)(H,19,21)/b16-9-. The highest BCUT2D eigenvalue weighted by molar-refractivity contribution is 7.13. The highest BCUT2D eigenvalue weighted by Crippen LogP contribution is 2.22. The summed E-state index contributed by atoms with van der Waals surface area (Å²) in [6.07, 6.45) is 1.33. The first-order valence-corrected chi connectivity index (χ1v) is 7.68. The number of nitro benzene ring substituents is 1. The fraction of sp³-hybridized carbons (Fsp3) is 0. The van der Waals surface area contributed by atoms with E-state index in [1.165, 1.54) is 29.7 Å². The summed E-state index contributed by atoms with van der Waals surface area (Å²) in [6, 6.07) is 11.4. The molecule has 120 valence electrons. The maximum absolute atomic E-state index is 12.0. The summed E-state index contributed by atoms with van der Waals surface area (Å²) < 4.78 is 0. The van der Waals surface area contributed by atoms with Gasteiger partial charge in [-0.25, -0.2) is 5.43 Å². The molecule has 0 bridgehead atoms. The summed E-state index contributed by atoms with van der Waals surface area (Å²) in [5.74, 6) is -0.476. The Balaban J connectivity index is 1.65. The second-order valence-electron chi connectivity index (χ2n) is 4.70. The molecular formula is C15H11N5O3S. The van der Waals surface area contributed by atoms with Gasteiger partial charge in [0.25, 0.3) is 11.6 Å². The lowest BCUT2D eigenvalue weighted by Crippen LogP contribution is -2.18. The van der Waals surface area contributed by atoms with Crippen LogP contribution in [-0.4, -0.2) is 27.2 Å². The maximum atomic E-state index is 12.0. The molecule has 2 N–H and O–H groups in total. The number of nitrogens with one attached hydrogen (secondary N) is 2. The average Bonchev–Trinajstić information content (AvgIpc) is 3.26. The van der Waals surface area contributed by atoms with Crippen LogP contribution in [-0.2, 0) is 0 Å². The van der Waals surface area contributed by atoms with Gasteiger partial charge in [-0.3, -0.25) is 20.0 Å². The quantitative estimate of drug-likeness (QED) is 0.422. The normalized spacial score (nSPS) is 10.8. The number of nitrogens with zero attached hydrogens (tertiary/aromatic N) is 3. The summed E-state index contributed by atoms with van der Waals surface area (Å²) in [6.45, 7) is 0. The van der Waals surface area contributed by atoms with Gasteiger partial charge in [0.1, 0.15) is 0 Å². The number of hydrazone groups is 1. The monoisotopic (exact) mass is 341 g/mol. The fourth-order valence-corrected chi connectivity index (χ4v) is 2.63. The first-order valence-electron chi connectivity index (χ1n) is 6.80. The van der Waals surface area contributed by atoms with Crippen molar-refractivity contribution in [2.45, 2.75) is 0 Å². The molecule has 2 heterocycles. The number of hydrogen-bond donors (Lipinski definition) is 2. The third-order valence-electron chi connectivity index (χ3n) is 3.06. The molecule has 0 spiro atoms. The van der Waals surface area contributed by atoms with Crippen LogP contribution in [0.4, 0.5) is 5.69 Å². The van der Waals surface area contributed by atoms with Crippen molar-refractivity contribution < 1.29 is 9.72 Å². The van der Waals surface area contributed by atoms with E-state index in [0.29, 0.717) is 5.56 Å². The number of aromatic amines is 1. The number of thiophene rings is 1. The minimum absolute atomic E-state index is 0.0434. The molecule has 0 saturated carbocycles. The number of hydrogen-bond acceptors (Lipinski definition) is 6. The van der Waals surface area contributed by atoms with E-state index in [1.54, 1.807) is 18.2 Å². The van der Waals surface area contributed by atoms with Gasteiger partial charge in [0.2, 0.25) is 0 Å². The molecule has 8 nitrogen and oxygen atoms in total. The lowest BCUT2D eigenvalue weighted by atomic mass is 10.2. The first-order chi connectivity index (χ1) is 11.6. The van der Waals surface area contributed by atoms with Crippen LogP contribution in [0.3, 0.4) is 0 Å². The fourth-order valence-electron chi connectivity index (χ4n) is 1.94. The molecule has 0 unspecified atom stereocenters. The zero-order valence-electron chi connectivity index (χ0n) is 12.2. The number of rotatable bonds is 5. The van der Waals surface area contributed by atoms with Gasteiger partial charge in [-0.05, 0) is 17.5 Å². The van der Waals surface area contributed by atoms with Gasteiger partial charge in [0, 0.05) is 17.7 Å². The van der Waals surface area contributed by atoms with E-state index in [9.17, 15) is 14.9 Å². The summed E-state index contributed by atoms with van der Waals surface area (Å²) in [5.41, 5.74) is 3.75. The Morgan fingerprint density at radius 3 is 2.96 bits per heavy atom. The number of carbonyl (C=O) groups excluding carboxylic acids is 1. The number of nitro groups is 1. The molecule has 0 saturated heterocycles. The van der Waals surface area contributed by atoms with E-state index in [2.05, 4.69) is 20.7 Å². The van der Waals surface area contributed by atoms with Gasteiger partial charge in [-0.1, -0.05) is 18.2 Å². The molecule has 1 aromatic carbocycles. The van der Waals surface area contributed by atoms with Gasteiger partial charge >= 0.3 is 0 Å². The van der Waals surface area contributed by atoms with Gasteiger partial charge in [0.15, 0.2) is 5.69 Å². The molecule has 1 amide bonds. The average molecular weight is 341 g/mol. The molecule has 9 heteroatoms. The van der Waals surface area contributed by atoms with Gasteiger partial charge in [-0.15, -0.1) is 11.3 Å². The van der Waals surface area contributed by atoms with E-state index in [1.807, 2.05) is 17.5 Å². The molecule has 3 aromatic rings. The zero-order chi connectivity index (χ0) is 16.9. The maximum Gasteiger partial charge on any atom is 0.291 e. The van der Waals surface area contributed by atoms with Crippen molar-refractivity contribution in [3.63, 3.8) is 0 Å². The predicted molar refractivity (Wildman–Crippen MR) is 90.1 cm³/mol. The Hall–Kier alpha value is -3.33. The molecule has 3 rings (SSSR count). The van der Waals surface area contributed by atoms with Crippen molar-refractivity contribution in [1.82, 2.24) is 15.6 Å². The van der Waals surface area contributed by atoms with Gasteiger partial charge in [-0.2, -0.15) is 10.2 Å². The van der Waals surface area contributed by atoms with Crippen LogP contribution in [0.2, 0.25) is 0 Å². The SMILES string of the molecule is O=C(N/N=C\c1cccc([N+](=O)[O-])c1)c1cc(-c2cccs2)[nH]n1. The van der Waals surface area contributed by atoms with E-state index < -0.39 is 10.8 Å². The summed E-state index contributed by atoms with van der Waals surface area (Å²) in [7, 11) is 0. The summed E-state index contributed by atoms with van der Waals surface area (Å²) in [5, 5.41) is 23.2. The smallest absolute Gasteiger partial charge is 0.276 e.